The van der Waals surface area contributed by atoms with Gasteiger partial charge in [-0.3, -0.25) is 4.79 Å². The summed E-state index contributed by atoms with van der Waals surface area (Å²) in [6, 6.07) is 7.96. The number of carbonyl (C=O) groups is 1. The van der Waals surface area contributed by atoms with E-state index in [1.807, 2.05) is 38.1 Å². The first-order valence-corrected chi connectivity index (χ1v) is 9.39. The summed E-state index contributed by atoms with van der Waals surface area (Å²) in [6.45, 7) is 6.35. The zero-order valence-corrected chi connectivity index (χ0v) is 16.8. The molecule has 0 radical (unpaired) electrons. The molecule has 0 spiro atoms. The van der Waals surface area contributed by atoms with Crippen molar-refractivity contribution in [1.29, 1.82) is 5.26 Å². The highest BCUT2D eigenvalue weighted by Gasteiger charge is 2.22. The number of aryl methyl sites for hydroxylation is 2. The number of benzene rings is 1. The van der Waals surface area contributed by atoms with Crippen LogP contribution in [0.4, 0.5) is 0 Å². The highest BCUT2D eigenvalue weighted by atomic mass is 32.2. The monoisotopic (exact) mass is 388 g/mol. The van der Waals surface area contributed by atoms with Crippen LogP contribution in [0, 0.1) is 25.2 Å². The number of nitrogens with two attached hydrogens (primary N) is 1. The molecule has 0 aliphatic heterocycles. The van der Waals surface area contributed by atoms with E-state index in [0.717, 1.165) is 11.3 Å². The van der Waals surface area contributed by atoms with Gasteiger partial charge in [0.2, 0.25) is 11.1 Å². The molecule has 144 valence electrons. The number of hydrogen-bond donors (Lipinski definition) is 1. The summed E-state index contributed by atoms with van der Waals surface area (Å²) < 4.78 is 7.13. The lowest BCUT2D eigenvalue weighted by Crippen LogP contribution is -2.34. The number of carbonyl (C=O) groups excluding carboxylic acids is 1. The molecule has 2 rings (SSSR count). The van der Waals surface area contributed by atoms with Crippen LogP contribution in [-0.2, 0) is 11.4 Å². The molecule has 1 amide bonds. The smallest absolute Gasteiger partial charge is 0.235 e. The van der Waals surface area contributed by atoms with Gasteiger partial charge in [0.05, 0.1) is 17.7 Å². The molecule has 2 N–H and O–H groups in total. The van der Waals surface area contributed by atoms with Crippen molar-refractivity contribution in [2.75, 3.05) is 19.4 Å². The number of nitriles is 1. The van der Waals surface area contributed by atoms with Crippen LogP contribution in [0.1, 0.15) is 30.3 Å². The summed E-state index contributed by atoms with van der Waals surface area (Å²) >= 11 is 1.22. The molecule has 9 heteroatoms. The minimum Gasteiger partial charge on any atom is -0.485 e. The van der Waals surface area contributed by atoms with Gasteiger partial charge in [-0.2, -0.15) is 5.26 Å². The number of nitrogens with zero attached hydrogens (tertiary/aromatic N) is 5. The second kappa shape index (κ2) is 9.28. The quantitative estimate of drug-likeness (QED) is 0.544. The minimum atomic E-state index is -0.395. The molecule has 1 aromatic carbocycles. The Labute approximate surface area is 163 Å². The fraction of sp³-hybridized carbons (Fsp3) is 0.444. The molecular formula is C18H24N6O2S. The number of hydrogen-bond acceptors (Lipinski definition) is 7. The molecule has 1 atom stereocenters. The van der Waals surface area contributed by atoms with E-state index in [1.54, 1.807) is 14.0 Å². The van der Waals surface area contributed by atoms with Crippen LogP contribution in [0.25, 0.3) is 0 Å². The molecule has 0 saturated heterocycles. The Morgan fingerprint density at radius 3 is 2.85 bits per heavy atom. The second-order valence-electron chi connectivity index (χ2n) is 6.25. The van der Waals surface area contributed by atoms with Gasteiger partial charge >= 0.3 is 0 Å². The Balaban J connectivity index is 1.98. The summed E-state index contributed by atoms with van der Waals surface area (Å²) in [6.07, 6.45) is 0.298. The third-order valence-electron chi connectivity index (χ3n) is 3.99. The molecule has 0 aliphatic carbocycles. The minimum absolute atomic E-state index is 0.0914. The van der Waals surface area contributed by atoms with Gasteiger partial charge in [0.1, 0.15) is 12.4 Å². The van der Waals surface area contributed by atoms with Gasteiger partial charge in [0.25, 0.3) is 0 Å². The third-order valence-corrected chi connectivity index (χ3v) is 5.03. The predicted molar refractivity (Wildman–Crippen MR) is 104 cm³/mol. The van der Waals surface area contributed by atoms with Crippen LogP contribution in [0.3, 0.4) is 0 Å². The molecule has 1 aromatic heterocycles. The van der Waals surface area contributed by atoms with E-state index in [2.05, 4.69) is 10.2 Å². The maximum atomic E-state index is 12.3. The van der Waals surface area contributed by atoms with Crippen molar-refractivity contribution in [2.45, 2.75) is 44.2 Å². The molecule has 0 saturated carbocycles. The second-order valence-corrected chi connectivity index (χ2v) is 7.56. The zero-order valence-electron chi connectivity index (χ0n) is 16.0. The Kier molecular flexibility index (Phi) is 7.07. The summed E-state index contributed by atoms with van der Waals surface area (Å²) in [5.74, 6) is 7.20. The van der Waals surface area contributed by atoms with E-state index in [-0.39, 0.29) is 12.5 Å². The molecule has 0 aliphatic rings. The average Bonchev–Trinajstić information content (AvgIpc) is 2.98. The summed E-state index contributed by atoms with van der Waals surface area (Å²) in [5, 5.41) is 16.8. The molecule has 27 heavy (non-hydrogen) atoms. The fourth-order valence-corrected chi connectivity index (χ4v) is 3.34. The summed E-state index contributed by atoms with van der Waals surface area (Å²) in [7, 11) is 1.67. The van der Waals surface area contributed by atoms with E-state index in [4.69, 9.17) is 15.8 Å². The molecule has 1 heterocycles. The Morgan fingerprint density at radius 2 is 2.19 bits per heavy atom. The first-order valence-electron chi connectivity index (χ1n) is 8.51. The van der Waals surface area contributed by atoms with E-state index in [1.165, 1.54) is 26.9 Å². The maximum Gasteiger partial charge on any atom is 0.235 e. The van der Waals surface area contributed by atoms with Crippen molar-refractivity contribution in [3.63, 3.8) is 0 Å². The molecule has 0 unspecified atom stereocenters. The van der Waals surface area contributed by atoms with Crippen LogP contribution in [-0.4, -0.2) is 44.5 Å². The van der Waals surface area contributed by atoms with Crippen molar-refractivity contribution in [3.8, 4) is 11.8 Å². The largest absolute Gasteiger partial charge is 0.485 e. The van der Waals surface area contributed by atoms with Crippen LogP contribution in [0.15, 0.2) is 23.4 Å². The SMILES string of the molecule is Cc1ccc(OCc2nnc(S[C@H](C)C(=O)N(C)CCC#N)n2N)c(C)c1. The third kappa shape index (κ3) is 5.37. The average molecular weight is 388 g/mol. The molecule has 0 bridgehead atoms. The van der Waals surface area contributed by atoms with Crippen LogP contribution >= 0.6 is 11.8 Å². The molecule has 0 fully saturated rings. The highest BCUT2D eigenvalue weighted by molar-refractivity contribution is 8.00. The number of thioether (sulfide) groups is 1. The standard InChI is InChI=1S/C18H24N6O2S/c1-12-6-7-15(13(2)10-12)26-11-16-21-22-18(24(16)20)27-14(3)17(25)23(4)9-5-8-19/h6-7,10,14H,5,9,11,20H2,1-4H3/t14-/m1/s1. The lowest BCUT2D eigenvalue weighted by atomic mass is 10.1. The Morgan fingerprint density at radius 1 is 1.44 bits per heavy atom. The first-order chi connectivity index (χ1) is 12.8. The van der Waals surface area contributed by atoms with Crippen LogP contribution in [0.2, 0.25) is 0 Å². The lowest BCUT2D eigenvalue weighted by molar-refractivity contribution is -0.128. The Hall–Kier alpha value is -2.73. The zero-order chi connectivity index (χ0) is 20.0. The van der Waals surface area contributed by atoms with Gasteiger partial charge in [-0.1, -0.05) is 29.5 Å². The van der Waals surface area contributed by atoms with Gasteiger partial charge in [-0.25, -0.2) is 4.68 Å². The van der Waals surface area contributed by atoms with E-state index in [0.29, 0.717) is 23.9 Å². The van der Waals surface area contributed by atoms with Crippen LogP contribution in [0.5, 0.6) is 5.75 Å². The van der Waals surface area contributed by atoms with E-state index >= 15 is 0 Å². The maximum absolute atomic E-state index is 12.3. The predicted octanol–water partition coefficient (Wildman–Crippen LogP) is 2.04. The van der Waals surface area contributed by atoms with Gasteiger partial charge in [0.15, 0.2) is 5.82 Å². The molecule has 2 aromatic rings. The van der Waals surface area contributed by atoms with Crippen molar-refractivity contribution in [1.82, 2.24) is 19.8 Å². The van der Waals surface area contributed by atoms with Gasteiger partial charge in [-0.15, -0.1) is 10.2 Å². The first kappa shape index (κ1) is 20.6. The number of aromatic nitrogens is 3. The molecular weight excluding hydrogens is 364 g/mol. The van der Waals surface area contributed by atoms with Gasteiger partial charge in [0, 0.05) is 13.6 Å². The van der Waals surface area contributed by atoms with E-state index < -0.39 is 5.25 Å². The van der Waals surface area contributed by atoms with Crippen molar-refractivity contribution >= 4 is 17.7 Å². The van der Waals surface area contributed by atoms with Crippen molar-refractivity contribution in [2.24, 2.45) is 0 Å². The molecule has 8 nitrogen and oxygen atoms in total. The normalized spacial score (nSPS) is 11.7. The number of nitrogen functional groups attached to an aromatic ring is 1. The van der Waals surface area contributed by atoms with Crippen molar-refractivity contribution < 1.29 is 9.53 Å². The Bertz CT molecular complexity index is 845. The summed E-state index contributed by atoms with van der Waals surface area (Å²) in [5.41, 5.74) is 2.20. The fourth-order valence-electron chi connectivity index (χ4n) is 2.44. The highest BCUT2D eigenvalue weighted by Crippen LogP contribution is 2.23. The summed E-state index contributed by atoms with van der Waals surface area (Å²) in [4.78, 5) is 13.8. The topological polar surface area (TPSA) is 110 Å². The number of ether oxygens (including phenoxy) is 1. The van der Waals surface area contributed by atoms with E-state index in [9.17, 15) is 4.79 Å². The number of amides is 1. The van der Waals surface area contributed by atoms with Gasteiger partial charge in [-0.05, 0) is 32.4 Å². The van der Waals surface area contributed by atoms with Crippen LogP contribution < -0.4 is 10.6 Å². The van der Waals surface area contributed by atoms with Gasteiger partial charge < -0.3 is 15.5 Å². The lowest BCUT2D eigenvalue weighted by Gasteiger charge is -2.19. The van der Waals surface area contributed by atoms with Crippen molar-refractivity contribution in [3.05, 3.63) is 35.2 Å². The number of rotatable bonds is 8.